The molecule has 1 saturated heterocycles. The van der Waals surface area contributed by atoms with Crippen LogP contribution in [-0.4, -0.2) is 63.0 Å². The topological polar surface area (TPSA) is 62.5 Å². The lowest BCUT2D eigenvalue weighted by Gasteiger charge is -2.42. The van der Waals surface area contributed by atoms with Gasteiger partial charge in [0.25, 0.3) is 0 Å². The first-order valence-electron chi connectivity index (χ1n) is 12.7. The van der Waals surface area contributed by atoms with Gasteiger partial charge in [0.1, 0.15) is 0 Å². The highest BCUT2D eigenvalue weighted by Crippen LogP contribution is 2.42. The molecule has 3 aliphatic carbocycles. The predicted molar refractivity (Wildman–Crippen MR) is 120 cm³/mol. The summed E-state index contributed by atoms with van der Waals surface area (Å²) in [7, 11) is 1.90. The number of hydrogen-bond acceptors (Lipinski definition) is 5. The van der Waals surface area contributed by atoms with Crippen molar-refractivity contribution in [3.8, 4) is 0 Å². The molecule has 5 nitrogen and oxygen atoms in total. The SMILES string of the molecule is COC1CCCC(CN2CNC3CCC(C4CCC(CNCCN)CC4)CC32)C1. The second kappa shape index (κ2) is 10.9. The fraction of sp³-hybridized carbons (Fsp3) is 1.00. The molecule has 5 atom stereocenters. The average molecular weight is 407 g/mol. The minimum Gasteiger partial charge on any atom is -0.381 e. The van der Waals surface area contributed by atoms with Crippen molar-refractivity contribution in [1.29, 1.82) is 0 Å². The number of nitrogens with zero attached hydrogens (tertiary/aromatic N) is 1. The molecule has 4 rings (SSSR count). The van der Waals surface area contributed by atoms with Gasteiger partial charge >= 0.3 is 0 Å². The van der Waals surface area contributed by atoms with Crippen LogP contribution in [0.3, 0.4) is 0 Å². The Morgan fingerprint density at radius 3 is 2.59 bits per heavy atom. The zero-order valence-electron chi connectivity index (χ0n) is 18.8. The fourth-order valence-electron chi connectivity index (χ4n) is 7.03. The van der Waals surface area contributed by atoms with Crippen LogP contribution in [0.4, 0.5) is 0 Å². The molecule has 5 heteroatoms. The standard InChI is InChI=1S/C24H46N4O/c1-29-22-4-2-3-19(13-22)16-28-17-27-23-10-9-21(14-24(23)28)20-7-5-18(6-8-20)15-26-12-11-25/h18-24,26-27H,2-17,25H2,1H3. The number of nitrogens with one attached hydrogen (secondary N) is 2. The van der Waals surface area contributed by atoms with Gasteiger partial charge in [-0.15, -0.1) is 0 Å². The van der Waals surface area contributed by atoms with Crippen molar-refractivity contribution in [2.75, 3.05) is 40.0 Å². The maximum absolute atomic E-state index is 5.68. The minimum absolute atomic E-state index is 0.508. The summed E-state index contributed by atoms with van der Waals surface area (Å²) in [6.07, 6.45) is 15.9. The van der Waals surface area contributed by atoms with E-state index < -0.39 is 0 Å². The second-order valence-corrected chi connectivity index (χ2v) is 10.5. The molecule has 0 aromatic heterocycles. The third-order valence-electron chi connectivity index (χ3n) is 8.76. The predicted octanol–water partition coefficient (Wildman–Crippen LogP) is 2.95. The van der Waals surface area contributed by atoms with E-state index in [1.165, 1.54) is 83.7 Å². The van der Waals surface area contributed by atoms with Crippen LogP contribution in [0.2, 0.25) is 0 Å². The molecular formula is C24H46N4O. The molecule has 1 aliphatic heterocycles. The first-order valence-corrected chi connectivity index (χ1v) is 12.7. The maximum Gasteiger partial charge on any atom is 0.0574 e. The number of rotatable bonds is 8. The van der Waals surface area contributed by atoms with Crippen LogP contribution in [0.1, 0.15) is 70.6 Å². The van der Waals surface area contributed by atoms with Gasteiger partial charge in [0.05, 0.1) is 6.10 Å². The zero-order chi connectivity index (χ0) is 20.1. The lowest BCUT2D eigenvalue weighted by Crippen LogP contribution is -2.45. The van der Waals surface area contributed by atoms with Crippen LogP contribution >= 0.6 is 0 Å². The van der Waals surface area contributed by atoms with Crippen molar-refractivity contribution in [2.24, 2.45) is 29.4 Å². The Labute approximate surface area is 178 Å². The van der Waals surface area contributed by atoms with Crippen molar-refractivity contribution in [2.45, 2.75) is 88.8 Å². The van der Waals surface area contributed by atoms with Gasteiger partial charge < -0.3 is 15.8 Å². The Morgan fingerprint density at radius 1 is 0.966 bits per heavy atom. The van der Waals surface area contributed by atoms with E-state index in [1.807, 2.05) is 7.11 Å². The van der Waals surface area contributed by atoms with E-state index in [2.05, 4.69) is 15.5 Å². The molecule has 0 amide bonds. The average Bonchev–Trinajstić information content (AvgIpc) is 3.16. The monoisotopic (exact) mass is 406 g/mol. The van der Waals surface area contributed by atoms with Crippen molar-refractivity contribution in [3.63, 3.8) is 0 Å². The summed E-state index contributed by atoms with van der Waals surface area (Å²) in [6.45, 7) is 5.33. The fourth-order valence-corrected chi connectivity index (χ4v) is 7.03. The highest BCUT2D eigenvalue weighted by atomic mass is 16.5. The number of ether oxygens (including phenoxy) is 1. The van der Waals surface area contributed by atoms with Crippen molar-refractivity contribution < 1.29 is 4.74 Å². The van der Waals surface area contributed by atoms with Crippen LogP contribution in [0.25, 0.3) is 0 Å². The summed E-state index contributed by atoms with van der Waals surface area (Å²) in [5.74, 6) is 3.68. The molecule has 0 aromatic rings. The largest absolute Gasteiger partial charge is 0.381 e. The van der Waals surface area contributed by atoms with Crippen molar-refractivity contribution in [3.05, 3.63) is 0 Å². The van der Waals surface area contributed by atoms with Gasteiger partial charge in [-0.25, -0.2) is 0 Å². The number of fused-ring (bicyclic) bond motifs is 1. The Balaban J connectivity index is 1.24. The van der Waals surface area contributed by atoms with E-state index in [1.54, 1.807) is 0 Å². The molecule has 3 saturated carbocycles. The Kier molecular flexibility index (Phi) is 8.27. The maximum atomic E-state index is 5.68. The molecule has 0 aromatic carbocycles. The summed E-state index contributed by atoms with van der Waals surface area (Å²) in [5.41, 5.74) is 5.61. The summed E-state index contributed by atoms with van der Waals surface area (Å²) in [6, 6.07) is 1.55. The van der Waals surface area contributed by atoms with Crippen LogP contribution in [0.5, 0.6) is 0 Å². The number of methoxy groups -OCH3 is 1. The Bertz CT molecular complexity index is 482. The van der Waals surface area contributed by atoms with Crippen molar-refractivity contribution >= 4 is 0 Å². The highest BCUT2D eigenvalue weighted by Gasteiger charge is 2.42. The second-order valence-electron chi connectivity index (χ2n) is 10.5. The quantitative estimate of drug-likeness (QED) is 0.541. The number of nitrogens with two attached hydrogens (primary N) is 1. The van der Waals surface area contributed by atoms with E-state index in [0.717, 1.165) is 55.5 Å². The minimum atomic E-state index is 0.508. The third-order valence-corrected chi connectivity index (χ3v) is 8.76. The van der Waals surface area contributed by atoms with Crippen LogP contribution in [0.15, 0.2) is 0 Å². The van der Waals surface area contributed by atoms with Gasteiger partial charge in [-0.1, -0.05) is 6.42 Å². The Morgan fingerprint density at radius 2 is 1.79 bits per heavy atom. The van der Waals surface area contributed by atoms with Crippen LogP contribution in [-0.2, 0) is 4.74 Å². The summed E-state index contributed by atoms with van der Waals surface area (Å²) >= 11 is 0. The van der Waals surface area contributed by atoms with Gasteiger partial charge in [-0.3, -0.25) is 10.2 Å². The molecule has 0 radical (unpaired) electrons. The van der Waals surface area contributed by atoms with Gasteiger partial charge in [-0.2, -0.15) is 0 Å². The first kappa shape index (κ1) is 22.0. The van der Waals surface area contributed by atoms with Gasteiger partial charge in [-0.05, 0) is 94.4 Å². The normalized spacial score (nSPS) is 41.4. The molecule has 0 spiro atoms. The lowest BCUT2D eigenvalue weighted by atomic mass is 9.69. The highest BCUT2D eigenvalue weighted by molar-refractivity contribution is 4.98. The van der Waals surface area contributed by atoms with E-state index in [0.29, 0.717) is 6.10 Å². The summed E-state index contributed by atoms with van der Waals surface area (Å²) < 4.78 is 5.68. The number of hydrogen-bond donors (Lipinski definition) is 3. The molecule has 4 N–H and O–H groups in total. The third kappa shape index (κ3) is 5.74. The van der Waals surface area contributed by atoms with E-state index in [9.17, 15) is 0 Å². The molecular weight excluding hydrogens is 360 g/mol. The Hall–Kier alpha value is -0.200. The molecule has 4 aliphatic rings. The molecule has 5 unspecified atom stereocenters. The lowest BCUT2D eigenvalue weighted by molar-refractivity contribution is 0.0351. The zero-order valence-corrected chi connectivity index (χ0v) is 18.8. The summed E-state index contributed by atoms with van der Waals surface area (Å²) in [4.78, 5) is 2.82. The molecule has 0 bridgehead atoms. The molecule has 168 valence electrons. The van der Waals surface area contributed by atoms with E-state index in [4.69, 9.17) is 10.5 Å². The molecule has 1 heterocycles. The summed E-state index contributed by atoms with van der Waals surface area (Å²) in [5, 5.41) is 7.39. The van der Waals surface area contributed by atoms with Crippen LogP contribution < -0.4 is 16.4 Å². The molecule has 29 heavy (non-hydrogen) atoms. The van der Waals surface area contributed by atoms with Gasteiger partial charge in [0, 0.05) is 45.5 Å². The van der Waals surface area contributed by atoms with Crippen LogP contribution in [0, 0.1) is 23.7 Å². The smallest absolute Gasteiger partial charge is 0.0574 e. The van der Waals surface area contributed by atoms with E-state index >= 15 is 0 Å². The van der Waals surface area contributed by atoms with Gasteiger partial charge in [0.2, 0.25) is 0 Å². The molecule has 4 fully saturated rings. The first-order chi connectivity index (χ1) is 14.3. The van der Waals surface area contributed by atoms with Crippen molar-refractivity contribution in [1.82, 2.24) is 15.5 Å². The van der Waals surface area contributed by atoms with E-state index in [-0.39, 0.29) is 0 Å². The van der Waals surface area contributed by atoms with Gasteiger partial charge in [0.15, 0.2) is 0 Å².